The first-order valence-electron chi connectivity index (χ1n) is 7.29. The molecule has 1 aromatic rings. The molecule has 7 heteroatoms. The van der Waals surface area contributed by atoms with Gasteiger partial charge >= 0.3 is 0 Å². The summed E-state index contributed by atoms with van der Waals surface area (Å²) in [4.78, 5) is 13.7. The van der Waals surface area contributed by atoms with Crippen LogP contribution in [0, 0.1) is 11.6 Å². The summed E-state index contributed by atoms with van der Waals surface area (Å²) in [6.45, 7) is 1.87. The van der Waals surface area contributed by atoms with Crippen molar-refractivity contribution in [1.82, 2.24) is 4.90 Å². The molecule has 1 fully saturated rings. The lowest BCUT2D eigenvalue weighted by Gasteiger charge is -2.36. The third kappa shape index (κ3) is 3.82. The molecule has 0 radical (unpaired) electrons. The van der Waals surface area contributed by atoms with E-state index in [1.165, 1.54) is 17.9 Å². The second-order valence-electron chi connectivity index (χ2n) is 5.44. The number of carbonyl (C=O) groups is 1. The molecule has 0 N–H and O–H groups in total. The first-order chi connectivity index (χ1) is 10.3. The highest BCUT2D eigenvalue weighted by atomic mass is 32.2. The minimum Gasteiger partial charge on any atom is -0.335 e. The van der Waals surface area contributed by atoms with Crippen LogP contribution in [0.5, 0.6) is 0 Å². The van der Waals surface area contributed by atoms with E-state index in [9.17, 15) is 22.0 Å². The lowest BCUT2D eigenvalue weighted by Crippen LogP contribution is -2.42. The van der Waals surface area contributed by atoms with E-state index in [1.54, 1.807) is 0 Å². The molecule has 1 aromatic carbocycles. The number of halogens is 2. The van der Waals surface area contributed by atoms with Crippen LogP contribution in [0.15, 0.2) is 18.2 Å². The fourth-order valence-corrected chi connectivity index (χ4v) is 3.44. The Balaban J connectivity index is 2.26. The summed E-state index contributed by atoms with van der Waals surface area (Å²) in [6.07, 6.45) is 2.10. The van der Waals surface area contributed by atoms with Crippen LogP contribution >= 0.6 is 0 Å². The lowest BCUT2D eigenvalue weighted by atomic mass is 9.94. The van der Waals surface area contributed by atoms with Gasteiger partial charge in [0, 0.05) is 23.9 Å². The Bertz CT molecular complexity index is 661. The predicted octanol–water partition coefficient (Wildman–Crippen LogP) is 2.45. The molecule has 1 atom stereocenters. The van der Waals surface area contributed by atoms with Gasteiger partial charge in [-0.25, -0.2) is 17.2 Å². The van der Waals surface area contributed by atoms with Gasteiger partial charge in [0.1, 0.15) is 17.4 Å². The summed E-state index contributed by atoms with van der Waals surface area (Å²) < 4.78 is 50.3. The number of rotatable bonds is 4. The molecule has 0 aromatic heterocycles. The molecule has 22 heavy (non-hydrogen) atoms. The minimum atomic E-state index is -3.44. The van der Waals surface area contributed by atoms with Crippen LogP contribution in [0.25, 0.3) is 0 Å². The number of amides is 1. The van der Waals surface area contributed by atoms with Crippen LogP contribution in [0.3, 0.4) is 0 Å². The average molecular weight is 331 g/mol. The largest absolute Gasteiger partial charge is 0.335 e. The van der Waals surface area contributed by atoms with Crippen LogP contribution in [0.2, 0.25) is 0 Å². The number of nitrogens with zero attached hydrogens (tertiary/aromatic N) is 1. The molecule has 1 saturated heterocycles. The molecule has 1 aliphatic heterocycles. The number of likely N-dealkylation sites (tertiary alicyclic amines) is 1. The van der Waals surface area contributed by atoms with Gasteiger partial charge in [-0.3, -0.25) is 4.79 Å². The summed E-state index contributed by atoms with van der Waals surface area (Å²) in [5, 5.41) is 0. The van der Waals surface area contributed by atoms with E-state index in [-0.39, 0.29) is 11.3 Å². The number of piperidine rings is 1. The van der Waals surface area contributed by atoms with Crippen molar-refractivity contribution in [2.75, 3.05) is 18.1 Å². The van der Waals surface area contributed by atoms with Gasteiger partial charge in [0.25, 0.3) is 0 Å². The third-order valence-corrected chi connectivity index (χ3v) is 5.49. The fraction of sp³-hybridized carbons (Fsp3) is 0.533. The van der Waals surface area contributed by atoms with Gasteiger partial charge in [0.2, 0.25) is 5.91 Å². The van der Waals surface area contributed by atoms with Crippen molar-refractivity contribution in [3.8, 4) is 0 Å². The normalized spacial score (nSPS) is 19.2. The Morgan fingerprint density at radius 3 is 2.68 bits per heavy atom. The highest BCUT2D eigenvalue weighted by Gasteiger charge is 2.31. The smallest absolute Gasteiger partial charge is 0.238 e. The maximum Gasteiger partial charge on any atom is 0.238 e. The molecule has 1 amide bonds. The molecule has 1 aliphatic rings. The van der Waals surface area contributed by atoms with E-state index >= 15 is 0 Å². The zero-order chi connectivity index (χ0) is 16.3. The van der Waals surface area contributed by atoms with Gasteiger partial charge in [-0.15, -0.1) is 0 Å². The van der Waals surface area contributed by atoms with Gasteiger partial charge in [-0.2, -0.15) is 0 Å². The van der Waals surface area contributed by atoms with Gasteiger partial charge in [0.15, 0.2) is 9.84 Å². The SMILES string of the molecule is CCS(=O)(=O)CC(=O)N1CCCCC1c1ccc(F)cc1F. The Labute approximate surface area is 129 Å². The van der Waals surface area contributed by atoms with Crippen molar-refractivity contribution in [3.63, 3.8) is 0 Å². The highest BCUT2D eigenvalue weighted by molar-refractivity contribution is 7.92. The van der Waals surface area contributed by atoms with E-state index in [0.717, 1.165) is 25.0 Å². The summed E-state index contributed by atoms with van der Waals surface area (Å²) in [6, 6.07) is 2.73. The Morgan fingerprint density at radius 2 is 2.05 bits per heavy atom. The van der Waals surface area contributed by atoms with E-state index in [0.29, 0.717) is 13.0 Å². The lowest BCUT2D eigenvalue weighted by molar-refractivity contribution is -0.132. The average Bonchev–Trinajstić information content (AvgIpc) is 2.47. The topological polar surface area (TPSA) is 54.5 Å². The van der Waals surface area contributed by atoms with Crippen molar-refractivity contribution in [2.45, 2.75) is 32.2 Å². The summed E-state index contributed by atoms with van der Waals surface area (Å²) in [7, 11) is -3.44. The van der Waals surface area contributed by atoms with Gasteiger partial charge in [-0.1, -0.05) is 13.0 Å². The molecule has 1 heterocycles. The Kier molecular flexibility index (Phi) is 5.16. The zero-order valence-electron chi connectivity index (χ0n) is 12.4. The van der Waals surface area contributed by atoms with Gasteiger partial charge in [-0.05, 0) is 25.3 Å². The van der Waals surface area contributed by atoms with Crippen LogP contribution in [-0.4, -0.2) is 37.3 Å². The fourth-order valence-electron chi connectivity index (χ4n) is 2.70. The van der Waals surface area contributed by atoms with E-state index in [2.05, 4.69) is 0 Å². The van der Waals surface area contributed by atoms with E-state index in [1.807, 2.05) is 0 Å². The van der Waals surface area contributed by atoms with Crippen molar-refractivity contribution < 1.29 is 22.0 Å². The number of sulfone groups is 1. The first kappa shape index (κ1) is 16.9. The monoisotopic (exact) mass is 331 g/mol. The molecule has 0 aliphatic carbocycles. The van der Waals surface area contributed by atoms with Crippen LogP contribution in [-0.2, 0) is 14.6 Å². The molecule has 4 nitrogen and oxygen atoms in total. The van der Waals surface area contributed by atoms with Gasteiger partial charge in [0.05, 0.1) is 6.04 Å². The molecule has 0 bridgehead atoms. The zero-order valence-corrected chi connectivity index (χ0v) is 13.2. The maximum atomic E-state index is 14.0. The minimum absolute atomic E-state index is 0.109. The maximum absolute atomic E-state index is 14.0. The van der Waals surface area contributed by atoms with Crippen LogP contribution < -0.4 is 0 Å². The number of benzene rings is 1. The first-order valence-corrected chi connectivity index (χ1v) is 9.11. The van der Waals surface area contributed by atoms with Crippen molar-refractivity contribution in [3.05, 3.63) is 35.4 Å². The van der Waals surface area contributed by atoms with E-state index < -0.39 is 39.2 Å². The molecular formula is C15H19F2NO3S. The number of hydrogen-bond donors (Lipinski definition) is 0. The quantitative estimate of drug-likeness (QED) is 0.851. The second-order valence-corrected chi connectivity index (χ2v) is 7.79. The molecule has 2 rings (SSSR count). The highest BCUT2D eigenvalue weighted by Crippen LogP contribution is 2.32. The molecule has 1 unspecified atom stereocenters. The van der Waals surface area contributed by atoms with Crippen LogP contribution in [0.1, 0.15) is 37.8 Å². The summed E-state index contributed by atoms with van der Waals surface area (Å²) in [5.41, 5.74) is 0.239. The summed E-state index contributed by atoms with van der Waals surface area (Å²) >= 11 is 0. The molecule has 0 saturated carbocycles. The molecule has 122 valence electrons. The Morgan fingerprint density at radius 1 is 1.32 bits per heavy atom. The van der Waals surface area contributed by atoms with Crippen molar-refractivity contribution >= 4 is 15.7 Å². The molecule has 0 spiro atoms. The standard InChI is InChI=1S/C15H19F2NO3S/c1-2-22(20,21)10-15(19)18-8-4-3-5-14(18)12-7-6-11(16)9-13(12)17/h6-7,9,14H,2-5,8,10H2,1H3. The molecular weight excluding hydrogens is 312 g/mol. The second kappa shape index (κ2) is 6.73. The van der Waals surface area contributed by atoms with Crippen molar-refractivity contribution in [2.24, 2.45) is 0 Å². The summed E-state index contributed by atoms with van der Waals surface area (Å²) in [5.74, 6) is -2.58. The van der Waals surface area contributed by atoms with Gasteiger partial charge < -0.3 is 4.90 Å². The van der Waals surface area contributed by atoms with E-state index in [4.69, 9.17) is 0 Å². The third-order valence-electron chi connectivity index (χ3n) is 3.93. The van der Waals surface area contributed by atoms with Crippen LogP contribution in [0.4, 0.5) is 8.78 Å². The predicted molar refractivity (Wildman–Crippen MR) is 79.0 cm³/mol. The van der Waals surface area contributed by atoms with Crippen molar-refractivity contribution in [1.29, 1.82) is 0 Å². The number of hydrogen-bond acceptors (Lipinski definition) is 3. The Hall–Kier alpha value is -1.50. The number of carbonyl (C=O) groups excluding carboxylic acids is 1.